The first kappa shape index (κ1) is 15.0. The number of rotatable bonds is 4. The van der Waals surface area contributed by atoms with Gasteiger partial charge < -0.3 is 4.42 Å². The topological polar surface area (TPSA) is 76.2 Å². The van der Waals surface area contributed by atoms with E-state index in [4.69, 9.17) is 16.0 Å². The molecule has 0 saturated heterocycles. The molecular weight excluding hydrogens is 348 g/mol. The van der Waals surface area contributed by atoms with Gasteiger partial charge in [0.15, 0.2) is 5.76 Å². The minimum absolute atomic E-state index is 0.303. The highest BCUT2D eigenvalue weighted by Crippen LogP contribution is 2.26. The van der Waals surface area contributed by atoms with Gasteiger partial charge in [0, 0.05) is 16.8 Å². The van der Waals surface area contributed by atoms with Crippen LogP contribution in [-0.2, 0) is 5.75 Å². The molecule has 0 fully saturated rings. The van der Waals surface area contributed by atoms with E-state index >= 15 is 0 Å². The van der Waals surface area contributed by atoms with E-state index in [2.05, 4.69) is 15.3 Å². The standard InChI is InChI=1S/C16H11ClN4O2S/c17-11-5-2-1-4-10(11)9-24-16-19-18-15(22)13-8-12(20-21(13)16)14-6-3-7-23-14/h1-8H,9H2,(H,18,22). The van der Waals surface area contributed by atoms with E-state index in [1.165, 1.54) is 16.3 Å². The number of nitrogens with one attached hydrogen (secondary N) is 1. The van der Waals surface area contributed by atoms with Crippen molar-refractivity contribution in [1.82, 2.24) is 19.8 Å². The van der Waals surface area contributed by atoms with Gasteiger partial charge in [0.25, 0.3) is 5.56 Å². The largest absolute Gasteiger partial charge is 0.463 e. The Morgan fingerprint density at radius 3 is 2.92 bits per heavy atom. The first-order valence-electron chi connectivity index (χ1n) is 7.11. The lowest BCUT2D eigenvalue weighted by Gasteiger charge is -2.04. The van der Waals surface area contributed by atoms with Gasteiger partial charge >= 0.3 is 0 Å². The van der Waals surface area contributed by atoms with Crippen LogP contribution in [0.25, 0.3) is 17.0 Å². The monoisotopic (exact) mass is 358 g/mol. The van der Waals surface area contributed by atoms with Crippen LogP contribution in [-0.4, -0.2) is 19.8 Å². The predicted octanol–water partition coefficient (Wildman–Crippen LogP) is 3.62. The molecule has 3 heterocycles. The molecule has 0 aliphatic heterocycles. The fraction of sp³-hybridized carbons (Fsp3) is 0.0625. The van der Waals surface area contributed by atoms with Gasteiger partial charge in [-0.2, -0.15) is 5.10 Å². The lowest BCUT2D eigenvalue weighted by atomic mass is 10.2. The highest BCUT2D eigenvalue weighted by atomic mass is 35.5. The van der Waals surface area contributed by atoms with E-state index in [1.54, 1.807) is 24.5 Å². The van der Waals surface area contributed by atoms with Crippen LogP contribution >= 0.6 is 23.4 Å². The summed E-state index contributed by atoms with van der Waals surface area (Å²) in [5.41, 5.74) is 1.68. The Bertz CT molecular complexity index is 1060. The third-order valence-electron chi connectivity index (χ3n) is 3.46. The van der Waals surface area contributed by atoms with Crippen molar-refractivity contribution in [1.29, 1.82) is 0 Å². The van der Waals surface area contributed by atoms with E-state index in [0.29, 0.717) is 32.9 Å². The number of benzene rings is 1. The molecule has 4 rings (SSSR count). The van der Waals surface area contributed by atoms with Gasteiger partial charge in [0.05, 0.1) is 6.26 Å². The number of nitrogens with zero attached hydrogens (tertiary/aromatic N) is 3. The van der Waals surface area contributed by atoms with E-state index in [-0.39, 0.29) is 5.56 Å². The molecule has 0 unspecified atom stereocenters. The van der Waals surface area contributed by atoms with Crippen LogP contribution in [0.4, 0.5) is 0 Å². The molecule has 3 aromatic heterocycles. The molecule has 0 radical (unpaired) electrons. The molecule has 0 spiro atoms. The number of H-pyrrole nitrogens is 1. The van der Waals surface area contributed by atoms with Crippen molar-refractivity contribution >= 4 is 28.9 Å². The van der Waals surface area contributed by atoms with Crippen molar-refractivity contribution < 1.29 is 4.42 Å². The van der Waals surface area contributed by atoms with Crippen LogP contribution in [0.2, 0.25) is 5.02 Å². The van der Waals surface area contributed by atoms with Crippen LogP contribution in [0.3, 0.4) is 0 Å². The number of halogens is 1. The smallest absolute Gasteiger partial charge is 0.290 e. The summed E-state index contributed by atoms with van der Waals surface area (Å²) in [6, 6.07) is 12.9. The summed E-state index contributed by atoms with van der Waals surface area (Å²) in [7, 11) is 0. The summed E-state index contributed by atoms with van der Waals surface area (Å²) >= 11 is 7.62. The van der Waals surface area contributed by atoms with Crippen molar-refractivity contribution in [3.05, 3.63) is 69.7 Å². The third kappa shape index (κ3) is 2.72. The lowest BCUT2D eigenvalue weighted by molar-refractivity contribution is 0.578. The molecule has 1 N–H and O–H groups in total. The number of aromatic amines is 1. The normalized spacial score (nSPS) is 11.2. The van der Waals surface area contributed by atoms with Gasteiger partial charge in [-0.1, -0.05) is 41.6 Å². The molecule has 1 aromatic carbocycles. The molecule has 120 valence electrons. The van der Waals surface area contributed by atoms with Crippen molar-refractivity contribution in [2.24, 2.45) is 0 Å². The van der Waals surface area contributed by atoms with Crippen LogP contribution in [0.15, 0.2) is 63.1 Å². The van der Waals surface area contributed by atoms with Gasteiger partial charge in [-0.3, -0.25) is 4.79 Å². The number of fused-ring (bicyclic) bond motifs is 1. The maximum absolute atomic E-state index is 12.0. The summed E-state index contributed by atoms with van der Waals surface area (Å²) in [5, 5.41) is 12.3. The second-order valence-corrected chi connectivity index (χ2v) is 6.37. The molecule has 0 amide bonds. The second-order valence-electron chi connectivity index (χ2n) is 5.02. The van der Waals surface area contributed by atoms with Gasteiger partial charge in [-0.25, -0.2) is 9.61 Å². The molecule has 0 saturated carbocycles. The first-order valence-corrected chi connectivity index (χ1v) is 8.47. The van der Waals surface area contributed by atoms with E-state index in [1.807, 2.05) is 24.3 Å². The van der Waals surface area contributed by atoms with Gasteiger partial charge in [-0.15, -0.1) is 5.10 Å². The Balaban J connectivity index is 1.72. The maximum atomic E-state index is 12.0. The van der Waals surface area contributed by atoms with Crippen LogP contribution in [0.1, 0.15) is 5.56 Å². The fourth-order valence-electron chi connectivity index (χ4n) is 2.29. The summed E-state index contributed by atoms with van der Waals surface area (Å²) in [6.45, 7) is 0. The van der Waals surface area contributed by atoms with Gasteiger partial charge in [0.1, 0.15) is 11.2 Å². The van der Waals surface area contributed by atoms with Crippen molar-refractivity contribution in [3.63, 3.8) is 0 Å². The van der Waals surface area contributed by atoms with E-state index < -0.39 is 0 Å². The van der Waals surface area contributed by atoms with Crippen molar-refractivity contribution in [3.8, 4) is 11.5 Å². The molecule has 0 atom stereocenters. The van der Waals surface area contributed by atoms with Gasteiger partial charge in [-0.05, 0) is 23.8 Å². The molecule has 0 aliphatic rings. The molecule has 6 nitrogen and oxygen atoms in total. The summed E-state index contributed by atoms with van der Waals surface area (Å²) in [6.07, 6.45) is 1.56. The Hall–Kier alpha value is -2.51. The number of furan rings is 1. The zero-order chi connectivity index (χ0) is 16.5. The Morgan fingerprint density at radius 2 is 2.12 bits per heavy atom. The maximum Gasteiger partial charge on any atom is 0.290 e. The minimum atomic E-state index is -0.303. The van der Waals surface area contributed by atoms with Crippen molar-refractivity contribution in [2.75, 3.05) is 0 Å². The second kappa shape index (κ2) is 6.18. The highest BCUT2D eigenvalue weighted by molar-refractivity contribution is 7.98. The third-order valence-corrected chi connectivity index (χ3v) is 4.81. The number of aromatic nitrogens is 4. The predicted molar refractivity (Wildman–Crippen MR) is 92.3 cm³/mol. The highest BCUT2D eigenvalue weighted by Gasteiger charge is 2.14. The van der Waals surface area contributed by atoms with Crippen LogP contribution in [0.5, 0.6) is 0 Å². The quantitative estimate of drug-likeness (QED) is 0.564. The van der Waals surface area contributed by atoms with E-state index in [9.17, 15) is 4.79 Å². The van der Waals surface area contributed by atoms with Gasteiger partial charge in [0.2, 0.25) is 5.16 Å². The zero-order valence-corrected chi connectivity index (χ0v) is 13.8. The molecular formula is C16H11ClN4O2S. The van der Waals surface area contributed by atoms with Crippen LogP contribution in [0, 0.1) is 0 Å². The van der Waals surface area contributed by atoms with Crippen LogP contribution < -0.4 is 5.56 Å². The minimum Gasteiger partial charge on any atom is -0.463 e. The number of hydrogen-bond acceptors (Lipinski definition) is 5. The first-order chi connectivity index (χ1) is 11.7. The molecule has 8 heteroatoms. The number of thioether (sulfide) groups is 1. The average molecular weight is 359 g/mol. The number of hydrogen-bond donors (Lipinski definition) is 1. The van der Waals surface area contributed by atoms with E-state index in [0.717, 1.165) is 5.56 Å². The Labute approximate surface area is 145 Å². The Kier molecular flexibility index (Phi) is 3.87. The summed E-state index contributed by atoms with van der Waals surface area (Å²) in [5.74, 6) is 1.21. The van der Waals surface area contributed by atoms with Crippen molar-refractivity contribution in [2.45, 2.75) is 10.9 Å². The SMILES string of the molecule is O=c1[nH]nc(SCc2ccccc2Cl)n2nc(-c3ccco3)cc12. The molecule has 4 aromatic rings. The fourth-order valence-corrected chi connectivity index (χ4v) is 3.48. The molecule has 24 heavy (non-hydrogen) atoms. The average Bonchev–Trinajstić information content (AvgIpc) is 3.25. The summed E-state index contributed by atoms with van der Waals surface area (Å²) < 4.78 is 6.87. The lowest BCUT2D eigenvalue weighted by Crippen LogP contribution is -2.13. The Morgan fingerprint density at radius 1 is 1.25 bits per heavy atom. The molecule has 0 bridgehead atoms. The molecule has 0 aliphatic carbocycles. The zero-order valence-electron chi connectivity index (χ0n) is 12.3. The summed E-state index contributed by atoms with van der Waals surface area (Å²) in [4.78, 5) is 12.0.